The van der Waals surface area contributed by atoms with Crippen molar-refractivity contribution in [3.8, 4) is 11.8 Å². The van der Waals surface area contributed by atoms with E-state index in [0.717, 1.165) is 5.56 Å². The molecule has 72 valence electrons. The second kappa shape index (κ2) is 4.77. The largest absolute Gasteiger partial charge is 0.285 e. The molecule has 0 radical (unpaired) electrons. The predicted molar refractivity (Wildman–Crippen MR) is 58.5 cm³/mol. The molecule has 0 aliphatic heterocycles. The smallest absolute Gasteiger partial charge is 0.258 e. The minimum atomic E-state index is -0.411. The maximum absolute atomic E-state index is 10.7. The Bertz CT molecular complexity index is 418. The molecule has 0 saturated carbocycles. The second-order valence-corrected chi connectivity index (χ2v) is 3.27. The van der Waals surface area contributed by atoms with E-state index >= 15 is 0 Å². The number of halogens is 1. The molecule has 0 heterocycles. The Morgan fingerprint density at radius 1 is 1.57 bits per heavy atom. The molecule has 1 aromatic carbocycles. The van der Waals surface area contributed by atoms with Crippen LogP contribution in [0.25, 0.3) is 0 Å². The van der Waals surface area contributed by atoms with Crippen molar-refractivity contribution in [1.29, 1.82) is 0 Å². The van der Waals surface area contributed by atoms with Crippen molar-refractivity contribution in [3.05, 3.63) is 39.4 Å². The molecule has 3 nitrogen and oxygen atoms in total. The summed E-state index contributed by atoms with van der Waals surface area (Å²) in [6, 6.07) is 5.01. The van der Waals surface area contributed by atoms with Gasteiger partial charge in [-0.05, 0) is 18.6 Å². The molecule has 14 heavy (non-hydrogen) atoms. The molecule has 0 N–H and O–H groups in total. The van der Waals surface area contributed by atoms with Gasteiger partial charge in [0.05, 0.1) is 10.3 Å². The molecule has 0 aromatic heterocycles. The summed E-state index contributed by atoms with van der Waals surface area (Å²) in [6.07, 6.45) is 0. The number of nitro groups is 1. The van der Waals surface area contributed by atoms with Crippen molar-refractivity contribution >= 4 is 21.6 Å². The lowest BCUT2D eigenvalue weighted by molar-refractivity contribution is -0.385. The Hall–Kier alpha value is -1.34. The van der Waals surface area contributed by atoms with E-state index in [2.05, 4.69) is 27.8 Å². The maximum atomic E-state index is 10.7. The third-order valence-electron chi connectivity index (χ3n) is 1.64. The first kappa shape index (κ1) is 10.7. The third-order valence-corrected chi connectivity index (χ3v) is 1.92. The van der Waals surface area contributed by atoms with E-state index in [0.29, 0.717) is 10.9 Å². The summed E-state index contributed by atoms with van der Waals surface area (Å²) in [5.74, 6) is 5.47. The van der Waals surface area contributed by atoms with Crippen LogP contribution in [0.3, 0.4) is 0 Å². The standard InChI is InChI=1S/C10H8BrNO2/c1-8-4-5-9(3-2-6-11)10(7-8)12(13)14/h4-5,7H,6H2,1H3. The molecule has 0 amide bonds. The zero-order valence-corrected chi connectivity index (χ0v) is 9.17. The van der Waals surface area contributed by atoms with Gasteiger partial charge in [0.25, 0.3) is 5.69 Å². The molecule has 0 fully saturated rings. The Balaban J connectivity index is 3.22. The van der Waals surface area contributed by atoms with Gasteiger partial charge in [-0.25, -0.2) is 0 Å². The number of hydrogen-bond donors (Lipinski definition) is 0. The Morgan fingerprint density at radius 2 is 2.29 bits per heavy atom. The van der Waals surface area contributed by atoms with Gasteiger partial charge in [-0.3, -0.25) is 10.1 Å². The van der Waals surface area contributed by atoms with E-state index in [4.69, 9.17) is 0 Å². The van der Waals surface area contributed by atoms with Crippen LogP contribution in [0.4, 0.5) is 5.69 Å². The predicted octanol–water partition coefficient (Wildman–Crippen LogP) is 2.65. The summed E-state index contributed by atoms with van der Waals surface area (Å²) in [7, 11) is 0. The van der Waals surface area contributed by atoms with E-state index in [1.165, 1.54) is 6.07 Å². The fourth-order valence-electron chi connectivity index (χ4n) is 1.03. The molecule has 0 bridgehead atoms. The Morgan fingerprint density at radius 3 is 2.86 bits per heavy atom. The molecule has 0 aliphatic rings. The van der Waals surface area contributed by atoms with E-state index in [1.807, 2.05) is 13.0 Å². The van der Waals surface area contributed by atoms with Gasteiger partial charge in [-0.2, -0.15) is 0 Å². The van der Waals surface area contributed by atoms with Gasteiger partial charge in [0.1, 0.15) is 5.56 Å². The van der Waals surface area contributed by atoms with Gasteiger partial charge in [0.2, 0.25) is 0 Å². The highest BCUT2D eigenvalue weighted by Gasteiger charge is 2.11. The lowest BCUT2D eigenvalue weighted by Gasteiger charge is -1.96. The monoisotopic (exact) mass is 253 g/mol. The van der Waals surface area contributed by atoms with Crippen molar-refractivity contribution < 1.29 is 4.92 Å². The lowest BCUT2D eigenvalue weighted by Crippen LogP contribution is -1.92. The van der Waals surface area contributed by atoms with Crippen molar-refractivity contribution in [2.75, 3.05) is 5.33 Å². The van der Waals surface area contributed by atoms with E-state index in [-0.39, 0.29) is 5.69 Å². The molecular weight excluding hydrogens is 246 g/mol. The zero-order valence-electron chi connectivity index (χ0n) is 7.58. The summed E-state index contributed by atoms with van der Waals surface area (Å²) in [6.45, 7) is 1.81. The molecule has 1 rings (SSSR count). The summed E-state index contributed by atoms with van der Waals surface area (Å²) in [5.41, 5.74) is 1.39. The molecule has 0 spiro atoms. The van der Waals surface area contributed by atoms with Gasteiger partial charge in [-0.1, -0.05) is 33.8 Å². The topological polar surface area (TPSA) is 43.1 Å². The summed E-state index contributed by atoms with van der Waals surface area (Å²) >= 11 is 3.14. The summed E-state index contributed by atoms with van der Waals surface area (Å²) < 4.78 is 0. The lowest BCUT2D eigenvalue weighted by atomic mass is 10.1. The second-order valence-electron chi connectivity index (χ2n) is 2.71. The minimum absolute atomic E-state index is 0.0680. The van der Waals surface area contributed by atoms with Crippen LogP contribution in [0.1, 0.15) is 11.1 Å². The average Bonchev–Trinajstić information content (AvgIpc) is 2.15. The molecule has 0 aliphatic carbocycles. The molecule has 0 unspecified atom stereocenters. The highest BCUT2D eigenvalue weighted by molar-refractivity contribution is 9.09. The average molecular weight is 254 g/mol. The van der Waals surface area contributed by atoms with Crippen LogP contribution < -0.4 is 0 Å². The Kier molecular flexibility index (Phi) is 3.66. The molecule has 0 atom stereocenters. The molecular formula is C10H8BrNO2. The first-order valence-corrected chi connectivity index (χ1v) is 5.07. The summed E-state index contributed by atoms with van der Waals surface area (Å²) in [5, 5.41) is 11.2. The summed E-state index contributed by atoms with van der Waals surface area (Å²) in [4.78, 5) is 10.3. The number of aryl methyl sites for hydroxylation is 1. The molecule has 1 aromatic rings. The van der Waals surface area contributed by atoms with Crippen molar-refractivity contribution in [2.45, 2.75) is 6.92 Å². The SMILES string of the molecule is Cc1ccc(C#CCBr)c([N+](=O)[O-])c1. The molecule has 4 heteroatoms. The van der Waals surface area contributed by atoms with E-state index < -0.39 is 4.92 Å². The number of benzene rings is 1. The van der Waals surface area contributed by atoms with Crippen molar-refractivity contribution in [3.63, 3.8) is 0 Å². The van der Waals surface area contributed by atoms with Gasteiger partial charge < -0.3 is 0 Å². The number of nitro benzene ring substituents is 1. The first-order chi connectivity index (χ1) is 6.65. The molecule has 0 saturated heterocycles. The van der Waals surface area contributed by atoms with Crippen LogP contribution in [0.5, 0.6) is 0 Å². The van der Waals surface area contributed by atoms with Crippen LogP contribution >= 0.6 is 15.9 Å². The van der Waals surface area contributed by atoms with E-state index in [9.17, 15) is 10.1 Å². The van der Waals surface area contributed by atoms with Crippen LogP contribution in [0, 0.1) is 28.9 Å². The van der Waals surface area contributed by atoms with Gasteiger partial charge in [0.15, 0.2) is 0 Å². The van der Waals surface area contributed by atoms with Crippen LogP contribution in [0.2, 0.25) is 0 Å². The van der Waals surface area contributed by atoms with Crippen molar-refractivity contribution in [2.24, 2.45) is 0 Å². The fraction of sp³-hybridized carbons (Fsp3) is 0.200. The van der Waals surface area contributed by atoms with Gasteiger partial charge in [0, 0.05) is 6.07 Å². The van der Waals surface area contributed by atoms with Gasteiger partial charge >= 0.3 is 0 Å². The highest BCUT2D eigenvalue weighted by Crippen LogP contribution is 2.18. The number of nitrogens with zero attached hydrogens (tertiary/aromatic N) is 1. The van der Waals surface area contributed by atoms with Crippen LogP contribution in [-0.4, -0.2) is 10.3 Å². The van der Waals surface area contributed by atoms with Crippen molar-refractivity contribution in [1.82, 2.24) is 0 Å². The van der Waals surface area contributed by atoms with Crippen LogP contribution in [-0.2, 0) is 0 Å². The fourth-order valence-corrected chi connectivity index (χ4v) is 1.17. The zero-order chi connectivity index (χ0) is 10.6. The normalized spacial score (nSPS) is 9.00. The van der Waals surface area contributed by atoms with Crippen LogP contribution in [0.15, 0.2) is 18.2 Å². The number of hydrogen-bond acceptors (Lipinski definition) is 2. The van der Waals surface area contributed by atoms with Gasteiger partial charge in [-0.15, -0.1) is 0 Å². The third kappa shape index (κ3) is 2.57. The Labute approximate surface area is 90.4 Å². The highest BCUT2D eigenvalue weighted by atomic mass is 79.9. The minimum Gasteiger partial charge on any atom is -0.258 e. The quantitative estimate of drug-likeness (QED) is 0.334. The first-order valence-electron chi connectivity index (χ1n) is 3.95. The van der Waals surface area contributed by atoms with E-state index in [1.54, 1.807) is 6.07 Å². The maximum Gasteiger partial charge on any atom is 0.285 e. The number of rotatable bonds is 1. The number of alkyl halides is 1.